The minimum atomic E-state index is -0.0397. The normalized spacial score (nSPS) is 11.3. The number of allylic oxidation sites excluding steroid dienone is 2. The van der Waals surface area contributed by atoms with Gasteiger partial charge in [0.2, 0.25) is 0 Å². The van der Waals surface area contributed by atoms with Gasteiger partial charge in [-0.25, -0.2) is 9.67 Å². The Morgan fingerprint density at radius 3 is 2.79 bits per heavy atom. The molecule has 0 atom stereocenters. The van der Waals surface area contributed by atoms with Gasteiger partial charge in [-0.05, 0) is 57.2 Å². The van der Waals surface area contributed by atoms with E-state index in [0.29, 0.717) is 17.0 Å². The molecule has 144 valence electrons. The SMILES string of the molecule is C=C(/C=C\c1c(C)nc(Cc2ccnn2-c2cccc(Cl)c2)n1CC)C(C)=O. The summed E-state index contributed by atoms with van der Waals surface area (Å²) in [7, 11) is 0. The molecule has 1 aromatic carbocycles. The summed E-state index contributed by atoms with van der Waals surface area (Å²) in [5, 5.41) is 5.11. The number of hydrogen-bond donors (Lipinski definition) is 0. The van der Waals surface area contributed by atoms with Crippen LogP contribution in [-0.4, -0.2) is 25.1 Å². The number of hydrogen-bond acceptors (Lipinski definition) is 3. The zero-order chi connectivity index (χ0) is 20.3. The maximum absolute atomic E-state index is 11.4. The lowest BCUT2D eigenvalue weighted by Crippen LogP contribution is -2.08. The van der Waals surface area contributed by atoms with Crippen molar-refractivity contribution in [1.29, 1.82) is 0 Å². The largest absolute Gasteiger partial charge is 0.328 e. The molecule has 2 aromatic heterocycles. The number of benzene rings is 1. The van der Waals surface area contributed by atoms with Crippen LogP contribution < -0.4 is 0 Å². The third-order valence-corrected chi connectivity index (χ3v) is 4.83. The third-order valence-electron chi connectivity index (χ3n) is 4.59. The number of ketones is 1. The minimum absolute atomic E-state index is 0.0397. The zero-order valence-electron chi connectivity index (χ0n) is 16.3. The van der Waals surface area contributed by atoms with E-state index in [1.54, 1.807) is 12.3 Å². The molecule has 0 saturated heterocycles. The molecule has 5 nitrogen and oxygen atoms in total. The molecule has 0 N–H and O–H groups in total. The summed E-state index contributed by atoms with van der Waals surface area (Å²) in [4.78, 5) is 16.2. The average molecular weight is 395 g/mol. The summed E-state index contributed by atoms with van der Waals surface area (Å²) < 4.78 is 4.03. The molecule has 0 aliphatic rings. The van der Waals surface area contributed by atoms with Crippen LogP contribution in [-0.2, 0) is 17.8 Å². The first-order chi connectivity index (χ1) is 13.4. The Labute approximate surface area is 170 Å². The lowest BCUT2D eigenvalue weighted by molar-refractivity contribution is -0.113. The molecule has 3 aromatic rings. The molecule has 0 spiro atoms. The molecule has 0 aliphatic carbocycles. The van der Waals surface area contributed by atoms with E-state index < -0.39 is 0 Å². The lowest BCUT2D eigenvalue weighted by atomic mass is 10.2. The number of aryl methyl sites for hydroxylation is 1. The highest BCUT2D eigenvalue weighted by Crippen LogP contribution is 2.20. The van der Waals surface area contributed by atoms with Crippen molar-refractivity contribution in [1.82, 2.24) is 19.3 Å². The smallest absolute Gasteiger partial charge is 0.159 e. The van der Waals surface area contributed by atoms with Crippen molar-refractivity contribution in [3.8, 4) is 5.69 Å². The van der Waals surface area contributed by atoms with Crippen LogP contribution in [0.2, 0.25) is 5.02 Å². The molecule has 0 amide bonds. The van der Waals surface area contributed by atoms with Crippen molar-refractivity contribution in [2.45, 2.75) is 33.7 Å². The van der Waals surface area contributed by atoms with E-state index >= 15 is 0 Å². The van der Waals surface area contributed by atoms with Gasteiger partial charge in [0.15, 0.2) is 5.78 Å². The second kappa shape index (κ2) is 8.40. The molecular formula is C22H23ClN4O. The Morgan fingerprint density at radius 2 is 2.11 bits per heavy atom. The summed E-state index contributed by atoms with van der Waals surface area (Å²) in [6.45, 7) is 10.1. The van der Waals surface area contributed by atoms with Crippen molar-refractivity contribution in [2.75, 3.05) is 0 Å². The van der Waals surface area contributed by atoms with Gasteiger partial charge in [0.05, 0.1) is 22.8 Å². The molecule has 2 heterocycles. The van der Waals surface area contributed by atoms with Gasteiger partial charge in [-0.2, -0.15) is 5.10 Å². The highest BCUT2D eigenvalue weighted by atomic mass is 35.5. The number of carbonyl (C=O) groups is 1. The Morgan fingerprint density at radius 1 is 1.32 bits per heavy atom. The Hall–Kier alpha value is -2.92. The number of Topliss-reactive ketones (excluding diaryl/α,β-unsaturated/α-hetero) is 1. The first kappa shape index (κ1) is 19.8. The summed E-state index contributed by atoms with van der Waals surface area (Å²) >= 11 is 6.13. The number of carbonyl (C=O) groups excluding carboxylic acids is 1. The van der Waals surface area contributed by atoms with Gasteiger partial charge in [0.25, 0.3) is 0 Å². The molecule has 0 unspecified atom stereocenters. The van der Waals surface area contributed by atoms with Crippen LogP contribution >= 0.6 is 11.6 Å². The monoisotopic (exact) mass is 394 g/mol. The predicted molar refractivity (Wildman–Crippen MR) is 113 cm³/mol. The van der Waals surface area contributed by atoms with E-state index in [1.165, 1.54) is 6.92 Å². The van der Waals surface area contributed by atoms with Gasteiger partial charge in [-0.15, -0.1) is 0 Å². The van der Waals surface area contributed by atoms with E-state index in [1.807, 2.05) is 48.0 Å². The van der Waals surface area contributed by atoms with E-state index in [2.05, 4.69) is 23.2 Å². The minimum Gasteiger partial charge on any atom is -0.328 e. The predicted octanol–water partition coefficient (Wildman–Crippen LogP) is 4.80. The first-order valence-electron chi connectivity index (χ1n) is 9.13. The van der Waals surface area contributed by atoms with Crippen LogP contribution in [0.1, 0.15) is 36.8 Å². The number of nitrogens with zero attached hydrogens (tertiary/aromatic N) is 4. The van der Waals surface area contributed by atoms with Gasteiger partial charge in [0, 0.05) is 29.8 Å². The van der Waals surface area contributed by atoms with Crippen molar-refractivity contribution in [3.05, 3.63) is 82.7 Å². The summed E-state index contributed by atoms with van der Waals surface area (Å²) in [5.41, 5.74) is 4.30. The van der Waals surface area contributed by atoms with Gasteiger partial charge in [-0.3, -0.25) is 4.79 Å². The Bertz CT molecular complexity index is 1060. The zero-order valence-corrected chi connectivity index (χ0v) is 17.1. The van der Waals surface area contributed by atoms with Gasteiger partial charge in [0.1, 0.15) is 5.82 Å². The molecule has 3 rings (SSSR count). The van der Waals surface area contributed by atoms with Crippen molar-refractivity contribution < 1.29 is 4.79 Å². The number of aromatic nitrogens is 4. The van der Waals surface area contributed by atoms with Gasteiger partial charge >= 0.3 is 0 Å². The van der Waals surface area contributed by atoms with Crippen molar-refractivity contribution >= 4 is 23.5 Å². The fourth-order valence-electron chi connectivity index (χ4n) is 3.11. The van der Waals surface area contributed by atoms with Gasteiger partial charge < -0.3 is 4.57 Å². The molecule has 0 bridgehead atoms. The van der Waals surface area contributed by atoms with Crippen LogP contribution in [0.25, 0.3) is 11.8 Å². The summed E-state index contributed by atoms with van der Waals surface area (Å²) in [6.07, 6.45) is 6.06. The number of halogens is 1. The topological polar surface area (TPSA) is 52.7 Å². The Balaban J connectivity index is 1.95. The maximum Gasteiger partial charge on any atom is 0.159 e. The fraction of sp³-hybridized carbons (Fsp3) is 0.227. The quantitative estimate of drug-likeness (QED) is 0.427. The second-order valence-corrected chi connectivity index (χ2v) is 6.99. The molecule has 0 aliphatic heterocycles. The van der Waals surface area contributed by atoms with E-state index in [4.69, 9.17) is 16.6 Å². The van der Waals surface area contributed by atoms with Crippen molar-refractivity contribution in [3.63, 3.8) is 0 Å². The van der Waals surface area contributed by atoms with Crippen LogP contribution in [0, 0.1) is 6.92 Å². The summed E-state index contributed by atoms with van der Waals surface area (Å²) in [6, 6.07) is 9.59. The fourth-order valence-corrected chi connectivity index (χ4v) is 3.29. The van der Waals surface area contributed by atoms with Crippen LogP contribution in [0.15, 0.2) is 54.8 Å². The molecule has 6 heteroatoms. The molecule has 0 saturated carbocycles. The van der Waals surface area contributed by atoms with E-state index in [-0.39, 0.29) is 5.78 Å². The maximum atomic E-state index is 11.4. The molecular weight excluding hydrogens is 372 g/mol. The van der Waals surface area contributed by atoms with Crippen LogP contribution in [0.4, 0.5) is 0 Å². The highest BCUT2D eigenvalue weighted by molar-refractivity contribution is 6.30. The molecule has 0 radical (unpaired) electrons. The number of rotatable bonds is 7. The van der Waals surface area contributed by atoms with E-state index in [0.717, 1.165) is 35.1 Å². The second-order valence-electron chi connectivity index (χ2n) is 6.55. The highest BCUT2D eigenvalue weighted by Gasteiger charge is 2.15. The molecule has 0 fully saturated rings. The lowest BCUT2D eigenvalue weighted by Gasteiger charge is -2.10. The first-order valence-corrected chi connectivity index (χ1v) is 9.51. The summed E-state index contributed by atoms with van der Waals surface area (Å²) in [5.74, 6) is 0.902. The van der Waals surface area contributed by atoms with Crippen molar-refractivity contribution in [2.24, 2.45) is 0 Å². The van der Waals surface area contributed by atoms with Crippen LogP contribution in [0.3, 0.4) is 0 Å². The van der Waals surface area contributed by atoms with Crippen LogP contribution in [0.5, 0.6) is 0 Å². The van der Waals surface area contributed by atoms with E-state index in [9.17, 15) is 4.79 Å². The van der Waals surface area contributed by atoms with Gasteiger partial charge in [-0.1, -0.05) is 24.2 Å². The number of imidazole rings is 1. The third kappa shape index (κ3) is 4.15. The average Bonchev–Trinajstić information content (AvgIpc) is 3.23. The molecule has 28 heavy (non-hydrogen) atoms. The Kier molecular flexibility index (Phi) is 5.95. The standard InChI is InChI=1S/C22H23ClN4O/c1-5-26-21(10-9-15(2)17(4)28)16(3)25-22(26)14-20-11-12-24-27(20)19-8-6-7-18(23)13-19/h6-13H,2,5,14H2,1,3-4H3/b10-9-.